The van der Waals surface area contributed by atoms with E-state index in [9.17, 15) is 4.79 Å². The minimum Gasteiger partial charge on any atom is -0.471 e. The van der Waals surface area contributed by atoms with Crippen molar-refractivity contribution in [3.05, 3.63) is 64.7 Å². The molecular formula is C19H22ClN5O2. The molecule has 27 heavy (non-hydrogen) atoms. The van der Waals surface area contributed by atoms with E-state index in [1.54, 1.807) is 23.1 Å². The van der Waals surface area contributed by atoms with Gasteiger partial charge in [-0.15, -0.1) is 0 Å². The molecule has 1 amide bonds. The van der Waals surface area contributed by atoms with Crippen molar-refractivity contribution in [3.8, 4) is 5.75 Å². The molecule has 0 bridgehead atoms. The monoisotopic (exact) mass is 387 g/mol. The lowest BCUT2D eigenvalue weighted by atomic mass is 10.1. The number of benzene rings is 1. The van der Waals surface area contributed by atoms with Gasteiger partial charge < -0.3 is 10.1 Å². The summed E-state index contributed by atoms with van der Waals surface area (Å²) in [5, 5.41) is 12.0. The molecule has 0 atom stereocenters. The quantitative estimate of drug-likeness (QED) is 0.602. The number of rotatable bonds is 8. The molecule has 0 saturated heterocycles. The van der Waals surface area contributed by atoms with Gasteiger partial charge in [0.25, 0.3) is 5.91 Å². The molecule has 3 aromatic rings. The molecule has 0 aliphatic carbocycles. The number of carbonyl (C=O) groups excluding carboxylic acids is 1. The Morgan fingerprint density at radius 2 is 2.00 bits per heavy atom. The average molecular weight is 388 g/mol. The number of amides is 1. The fraction of sp³-hybridized carbons (Fsp3) is 0.316. The summed E-state index contributed by atoms with van der Waals surface area (Å²) in [4.78, 5) is 12.2. The molecule has 7 nitrogen and oxygen atoms in total. The number of nitrogens with one attached hydrogen (secondary N) is 1. The van der Waals surface area contributed by atoms with Crippen molar-refractivity contribution in [2.24, 2.45) is 0 Å². The Hall–Kier alpha value is -2.80. The predicted molar refractivity (Wildman–Crippen MR) is 103 cm³/mol. The number of aromatic nitrogens is 4. The Bertz CT molecular complexity index is 882. The predicted octanol–water partition coefficient (Wildman–Crippen LogP) is 3.21. The number of hydrogen-bond donors (Lipinski definition) is 1. The first-order chi connectivity index (χ1) is 13.0. The standard InChI is InChI=1S/C19H22ClN5O2/c1-14-11-16(12-15(2)18(14)20)27-13-25-10-5-17(23-25)19(26)21-6-3-8-24-9-4-7-22-24/h4-5,7,9-12H,3,6,8,13H2,1-2H3,(H,21,26). The van der Waals surface area contributed by atoms with Crippen molar-refractivity contribution in [1.29, 1.82) is 0 Å². The van der Waals surface area contributed by atoms with Crippen molar-refractivity contribution >= 4 is 17.5 Å². The highest BCUT2D eigenvalue weighted by molar-refractivity contribution is 6.32. The van der Waals surface area contributed by atoms with Gasteiger partial charge >= 0.3 is 0 Å². The fourth-order valence-corrected chi connectivity index (χ4v) is 2.76. The molecule has 0 fully saturated rings. The second-order valence-corrected chi connectivity index (χ2v) is 6.64. The van der Waals surface area contributed by atoms with Gasteiger partial charge in [0.05, 0.1) is 0 Å². The minimum atomic E-state index is -0.201. The van der Waals surface area contributed by atoms with E-state index in [2.05, 4.69) is 15.5 Å². The third-order valence-corrected chi connectivity index (χ3v) is 4.65. The summed E-state index contributed by atoms with van der Waals surface area (Å²) in [5.41, 5.74) is 2.28. The first-order valence-corrected chi connectivity index (χ1v) is 9.09. The lowest BCUT2D eigenvalue weighted by Crippen LogP contribution is -2.26. The number of nitrogens with zero attached hydrogens (tertiary/aromatic N) is 4. The molecule has 1 aromatic carbocycles. The van der Waals surface area contributed by atoms with Gasteiger partial charge in [-0.05, 0) is 55.7 Å². The van der Waals surface area contributed by atoms with E-state index >= 15 is 0 Å². The molecule has 8 heteroatoms. The maximum Gasteiger partial charge on any atom is 0.271 e. The lowest BCUT2D eigenvalue weighted by Gasteiger charge is -2.10. The summed E-state index contributed by atoms with van der Waals surface area (Å²) < 4.78 is 9.16. The average Bonchev–Trinajstić information content (AvgIpc) is 3.33. The van der Waals surface area contributed by atoms with E-state index in [-0.39, 0.29) is 12.6 Å². The number of aryl methyl sites for hydroxylation is 3. The SMILES string of the molecule is Cc1cc(OCn2ccc(C(=O)NCCCn3cccn3)n2)cc(C)c1Cl. The highest BCUT2D eigenvalue weighted by atomic mass is 35.5. The van der Waals surface area contributed by atoms with Gasteiger partial charge in [-0.3, -0.25) is 9.48 Å². The van der Waals surface area contributed by atoms with Crippen molar-refractivity contribution in [2.75, 3.05) is 6.54 Å². The van der Waals surface area contributed by atoms with Crippen LogP contribution in [-0.4, -0.2) is 32.0 Å². The summed E-state index contributed by atoms with van der Waals surface area (Å²) in [5.74, 6) is 0.516. The van der Waals surface area contributed by atoms with Gasteiger partial charge in [0.2, 0.25) is 0 Å². The highest BCUT2D eigenvalue weighted by Gasteiger charge is 2.09. The van der Waals surface area contributed by atoms with Crippen LogP contribution in [0.2, 0.25) is 5.02 Å². The molecule has 0 saturated carbocycles. The third-order valence-electron chi connectivity index (χ3n) is 4.06. The van der Waals surface area contributed by atoms with Gasteiger partial charge in [0.15, 0.2) is 6.73 Å². The van der Waals surface area contributed by atoms with Gasteiger partial charge in [0.1, 0.15) is 11.4 Å². The van der Waals surface area contributed by atoms with Crippen LogP contribution in [0.1, 0.15) is 28.0 Å². The Kier molecular flexibility index (Phi) is 6.13. The summed E-state index contributed by atoms with van der Waals surface area (Å²) in [6, 6.07) is 7.31. The summed E-state index contributed by atoms with van der Waals surface area (Å²) in [7, 11) is 0. The summed E-state index contributed by atoms with van der Waals surface area (Å²) >= 11 is 6.16. The molecule has 2 aromatic heterocycles. The van der Waals surface area contributed by atoms with E-state index in [1.165, 1.54) is 0 Å². The third kappa shape index (κ3) is 5.10. The summed E-state index contributed by atoms with van der Waals surface area (Å²) in [6.07, 6.45) is 6.15. The molecule has 0 radical (unpaired) electrons. The normalized spacial score (nSPS) is 10.8. The van der Waals surface area contributed by atoms with Crippen molar-refractivity contribution in [1.82, 2.24) is 24.9 Å². The Balaban J connectivity index is 1.46. The maximum atomic E-state index is 12.2. The van der Waals surface area contributed by atoms with Crippen molar-refractivity contribution in [2.45, 2.75) is 33.5 Å². The molecule has 0 aliphatic rings. The molecule has 1 N–H and O–H groups in total. The second kappa shape index (κ2) is 8.73. The number of carbonyl (C=O) groups is 1. The number of hydrogen-bond acceptors (Lipinski definition) is 4. The molecular weight excluding hydrogens is 366 g/mol. The Morgan fingerprint density at radius 1 is 1.22 bits per heavy atom. The van der Waals surface area contributed by atoms with E-state index in [4.69, 9.17) is 16.3 Å². The van der Waals surface area contributed by atoms with Crippen molar-refractivity contribution in [3.63, 3.8) is 0 Å². The van der Waals surface area contributed by atoms with Crippen LogP contribution in [-0.2, 0) is 13.3 Å². The largest absolute Gasteiger partial charge is 0.471 e. The second-order valence-electron chi connectivity index (χ2n) is 6.26. The van der Waals surface area contributed by atoms with E-state index < -0.39 is 0 Å². The molecule has 142 valence electrons. The van der Waals surface area contributed by atoms with Crippen LogP contribution in [0.25, 0.3) is 0 Å². The van der Waals surface area contributed by atoms with Crippen LogP contribution < -0.4 is 10.1 Å². The fourth-order valence-electron chi connectivity index (χ4n) is 2.65. The van der Waals surface area contributed by atoms with E-state index in [1.807, 2.05) is 42.9 Å². The van der Waals surface area contributed by atoms with E-state index in [0.29, 0.717) is 12.2 Å². The maximum absolute atomic E-state index is 12.2. The highest BCUT2D eigenvalue weighted by Crippen LogP contribution is 2.25. The Labute approximate surface area is 162 Å². The molecule has 0 unspecified atom stereocenters. The zero-order valence-corrected chi connectivity index (χ0v) is 16.1. The van der Waals surface area contributed by atoms with Crippen LogP contribution in [0.4, 0.5) is 0 Å². The van der Waals surface area contributed by atoms with Gasteiger partial charge in [-0.2, -0.15) is 10.2 Å². The van der Waals surface area contributed by atoms with Crippen LogP contribution >= 0.6 is 11.6 Å². The van der Waals surface area contributed by atoms with Gasteiger partial charge in [-0.25, -0.2) is 4.68 Å². The van der Waals surface area contributed by atoms with Gasteiger partial charge in [0, 0.05) is 36.7 Å². The molecule has 3 rings (SSSR count). The summed E-state index contributed by atoms with van der Waals surface area (Å²) in [6.45, 7) is 5.41. The zero-order valence-electron chi connectivity index (χ0n) is 15.4. The van der Waals surface area contributed by atoms with Crippen molar-refractivity contribution < 1.29 is 9.53 Å². The molecule has 0 aliphatic heterocycles. The number of ether oxygens (including phenoxy) is 1. The van der Waals surface area contributed by atoms with E-state index in [0.717, 1.165) is 34.9 Å². The Morgan fingerprint density at radius 3 is 2.70 bits per heavy atom. The number of halogens is 1. The topological polar surface area (TPSA) is 74.0 Å². The smallest absolute Gasteiger partial charge is 0.271 e. The van der Waals surface area contributed by atoms with Crippen LogP contribution in [0.15, 0.2) is 42.9 Å². The lowest BCUT2D eigenvalue weighted by molar-refractivity contribution is 0.0945. The minimum absolute atomic E-state index is 0.201. The first kappa shape index (κ1) is 19.0. The molecule has 2 heterocycles. The molecule has 0 spiro atoms. The van der Waals surface area contributed by atoms with Crippen LogP contribution in [0, 0.1) is 13.8 Å². The van der Waals surface area contributed by atoms with Crippen LogP contribution in [0.3, 0.4) is 0 Å². The van der Waals surface area contributed by atoms with Crippen LogP contribution in [0.5, 0.6) is 5.75 Å². The zero-order chi connectivity index (χ0) is 19.2. The first-order valence-electron chi connectivity index (χ1n) is 8.71. The van der Waals surface area contributed by atoms with Gasteiger partial charge in [-0.1, -0.05) is 11.6 Å².